The molecule has 0 aromatic heterocycles. The van der Waals surface area contributed by atoms with Crippen molar-refractivity contribution in [2.75, 3.05) is 25.5 Å². The second kappa shape index (κ2) is 9.57. The molecule has 7 heteroatoms. The SMILES string of the molecule is Cc1ccc(CNC(=O)CN(C)CC(=O)Nc2ccc(Cl)c(Cl)c2)cc1. The van der Waals surface area contributed by atoms with E-state index < -0.39 is 0 Å². The van der Waals surface area contributed by atoms with E-state index in [1.54, 1.807) is 30.1 Å². The lowest BCUT2D eigenvalue weighted by Crippen LogP contribution is -2.38. The summed E-state index contributed by atoms with van der Waals surface area (Å²) in [7, 11) is 1.71. The quantitative estimate of drug-likeness (QED) is 0.756. The van der Waals surface area contributed by atoms with Gasteiger partial charge < -0.3 is 10.6 Å². The number of aryl methyl sites for hydroxylation is 1. The van der Waals surface area contributed by atoms with Crippen molar-refractivity contribution in [2.45, 2.75) is 13.5 Å². The van der Waals surface area contributed by atoms with Crippen molar-refractivity contribution in [3.63, 3.8) is 0 Å². The second-order valence-corrected chi connectivity index (χ2v) is 6.93. The van der Waals surface area contributed by atoms with E-state index in [1.165, 1.54) is 5.56 Å². The van der Waals surface area contributed by atoms with Crippen LogP contribution in [0.2, 0.25) is 10.0 Å². The Balaban J connectivity index is 1.75. The Labute approximate surface area is 163 Å². The number of likely N-dealkylation sites (N-methyl/N-ethyl adjacent to an activating group) is 1. The van der Waals surface area contributed by atoms with Gasteiger partial charge in [-0.15, -0.1) is 0 Å². The number of nitrogens with zero attached hydrogens (tertiary/aromatic N) is 1. The van der Waals surface area contributed by atoms with Crippen molar-refractivity contribution in [3.05, 3.63) is 63.6 Å². The zero-order valence-corrected chi connectivity index (χ0v) is 16.2. The highest BCUT2D eigenvalue weighted by atomic mass is 35.5. The molecule has 2 amide bonds. The summed E-state index contributed by atoms with van der Waals surface area (Å²) < 4.78 is 0. The van der Waals surface area contributed by atoms with Crippen LogP contribution >= 0.6 is 23.2 Å². The molecule has 0 unspecified atom stereocenters. The van der Waals surface area contributed by atoms with Crippen molar-refractivity contribution in [2.24, 2.45) is 0 Å². The summed E-state index contributed by atoms with van der Waals surface area (Å²) in [4.78, 5) is 25.7. The van der Waals surface area contributed by atoms with Crippen LogP contribution in [0.5, 0.6) is 0 Å². The van der Waals surface area contributed by atoms with Crippen molar-refractivity contribution >= 4 is 40.7 Å². The maximum atomic E-state index is 12.1. The number of nitrogens with one attached hydrogen (secondary N) is 2. The lowest BCUT2D eigenvalue weighted by Gasteiger charge is -2.16. The number of carbonyl (C=O) groups is 2. The van der Waals surface area contributed by atoms with Crippen molar-refractivity contribution in [1.29, 1.82) is 0 Å². The summed E-state index contributed by atoms with van der Waals surface area (Å²) in [6, 6.07) is 12.8. The molecule has 0 aliphatic carbocycles. The summed E-state index contributed by atoms with van der Waals surface area (Å²) in [5.74, 6) is -0.382. The normalized spacial score (nSPS) is 10.7. The van der Waals surface area contributed by atoms with Gasteiger partial charge in [-0.1, -0.05) is 53.0 Å². The summed E-state index contributed by atoms with van der Waals surface area (Å²) in [6.07, 6.45) is 0. The van der Waals surface area contributed by atoms with Gasteiger partial charge in [-0.25, -0.2) is 0 Å². The fraction of sp³-hybridized carbons (Fsp3) is 0.263. The van der Waals surface area contributed by atoms with E-state index in [1.807, 2.05) is 31.2 Å². The van der Waals surface area contributed by atoms with Crippen LogP contribution in [-0.4, -0.2) is 36.9 Å². The molecule has 138 valence electrons. The van der Waals surface area contributed by atoms with Gasteiger partial charge in [-0.3, -0.25) is 14.5 Å². The van der Waals surface area contributed by atoms with Gasteiger partial charge in [0, 0.05) is 12.2 Å². The molecule has 0 aliphatic rings. The first-order chi connectivity index (χ1) is 12.3. The van der Waals surface area contributed by atoms with Crippen LogP contribution in [0.3, 0.4) is 0 Å². The molecule has 0 aliphatic heterocycles. The maximum Gasteiger partial charge on any atom is 0.238 e. The van der Waals surface area contributed by atoms with Crippen LogP contribution in [0.25, 0.3) is 0 Å². The monoisotopic (exact) mass is 393 g/mol. The Kier molecular flexibility index (Phi) is 7.45. The van der Waals surface area contributed by atoms with Crippen molar-refractivity contribution < 1.29 is 9.59 Å². The lowest BCUT2D eigenvalue weighted by molar-refractivity contribution is -0.123. The van der Waals surface area contributed by atoms with Crippen LogP contribution in [0.1, 0.15) is 11.1 Å². The van der Waals surface area contributed by atoms with E-state index in [-0.39, 0.29) is 24.9 Å². The highest BCUT2D eigenvalue weighted by Gasteiger charge is 2.11. The molecule has 0 atom stereocenters. The van der Waals surface area contributed by atoms with E-state index >= 15 is 0 Å². The minimum absolute atomic E-state index is 0.0815. The Morgan fingerprint density at radius 2 is 1.62 bits per heavy atom. The first-order valence-electron chi connectivity index (χ1n) is 8.09. The molecule has 2 aromatic rings. The van der Waals surface area contributed by atoms with E-state index in [9.17, 15) is 9.59 Å². The second-order valence-electron chi connectivity index (χ2n) is 6.11. The van der Waals surface area contributed by atoms with Gasteiger partial charge in [0.25, 0.3) is 0 Å². The number of halogens is 2. The minimum atomic E-state index is -0.239. The molecular weight excluding hydrogens is 373 g/mol. The van der Waals surface area contributed by atoms with Gasteiger partial charge in [0.2, 0.25) is 11.8 Å². The molecule has 2 N–H and O–H groups in total. The number of benzene rings is 2. The third kappa shape index (κ3) is 6.67. The van der Waals surface area contributed by atoms with Crippen LogP contribution in [0, 0.1) is 6.92 Å². The fourth-order valence-electron chi connectivity index (χ4n) is 2.28. The molecule has 5 nitrogen and oxygen atoms in total. The van der Waals surface area contributed by atoms with Gasteiger partial charge in [-0.2, -0.15) is 0 Å². The molecule has 0 radical (unpaired) electrons. The summed E-state index contributed by atoms with van der Waals surface area (Å²) in [6.45, 7) is 2.68. The average molecular weight is 394 g/mol. The van der Waals surface area contributed by atoms with Gasteiger partial charge >= 0.3 is 0 Å². The topological polar surface area (TPSA) is 61.4 Å². The van der Waals surface area contributed by atoms with Crippen LogP contribution < -0.4 is 10.6 Å². The summed E-state index contributed by atoms with van der Waals surface area (Å²) in [5.41, 5.74) is 2.76. The average Bonchev–Trinajstić information content (AvgIpc) is 2.57. The number of carbonyl (C=O) groups excluding carboxylic acids is 2. The largest absolute Gasteiger partial charge is 0.351 e. The highest BCUT2D eigenvalue weighted by Crippen LogP contribution is 2.24. The molecule has 2 aromatic carbocycles. The number of hydrogen-bond donors (Lipinski definition) is 2. The first kappa shape index (κ1) is 20.2. The van der Waals surface area contributed by atoms with Gasteiger partial charge in [0.1, 0.15) is 0 Å². The molecule has 0 saturated carbocycles. The van der Waals surface area contributed by atoms with Gasteiger partial charge in [0.05, 0.1) is 23.1 Å². The van der Waals surface area contributed by atoms with Crippen LogP contribution in [-0.2, 0) is 16.1 Å². The first-order valence-corrected chi connectivity index (χ1v) is 8.85. The Bertz CT molecular complexity index is 779. The third-order valence-corrected chi connectivity index (χ3v) is 4.38. The molecule has 0 bridgehead atoms. The predicted molar refractivity (Wildman–Crippen MR) is 106 cm³/mol. The Morgan fingerprint density at radius 1 is 0.962 bits per heavy atom. The Hall–Kier alpha value is -2.08. The predicted octanol–water partition coefficient (Wildman–Crippen LogP) is 3.49. The van der Waals surface area contributed by atoms with Crippen molar-refractivity contribution in [1.82, 2.24) is 10.2 Å². The maximum absolute atomic E-state index is 12.1. The van der Waals surface area contributed by atoms with Crippen LogP contribution in [0.15, 0.2) is 42.5 Å². The smallest absolute Gasteiger partial charge is 0.238 e. The molecule has 2 rings (SSSR count). The lowest BCUT2D eigenvalue weighted by atomic mass is 10.1. The standard InChI is InChI=1S/C19H21Cl2N3O2/c1-13-3-5-14(6-4-13)10-22-18(25)11-24(2)12-19(26)23-15-7-8-16(20)17(21)9-15/h3-9H,10-12H2,1-2H3,(H,22,25)(H,23,26). The molecule has 0 heterocycles. The molecule has 0 fully saturated rings. The molecule has 0 spiro atoms. The van der Waals surface area contributed by atoms with E-state index in [2.05, 4.69) is 10.6 Å². The molecular formula is C19H21Cl2N3O2. The summed E-state index contributed by atoms with van der Waals surface area (Å²) >= 11 is 11.8. The van der Waals surface area contributed by atoms with Crippen molar-refractivity contribution in [3.8, 4) is 0 Å². The number of anilines is 1. The fourth-order valence-corrected chi connectivity index (χ4v) is 2.58. The van der Waals surface area contributed by atoms with Crippen LogP contribution in [0.4, 0.5) is 5.69 Å². The van der Waals surface area contributed by atoms with Gasteiger partial charge in [0.15, 0.2) is 0 Å². The minimum Gasteiger partial charge on any atom is -0.351 e. The number of amides is 2. The highest BCUT2D eigenvalue weighted by molar-refractivity contribution is 6.42. The Morgan fingerprint density at radius 3 is 2.27 bits per heavy atom. The third-order valence-electron chi connectivity index (χ3n) is 3.64. The number of rotatable bonds is 7. The zero-order valence-electron chi connectivity index (χ0n) is 14.7. The zero-order chi connectivity index (χ0) is 19.1. The molecule has 0 saturated heterocycles. The van der Waals surface area contributed by atoms with Gasteiger partial charge in [-0.05, 0) is 37.7 Å². The van der Waals surface area contributed by atoms with E-state index in [4.69, 9.17) is 23.2 Å². The number of hydrogen-bond acceptors (Lipinski definition) is 3. The summed E-state index contributed by atoms with van der Waals surface area (Å²) in [5, 5.41) is 6.36. The van der Waals surface area contributed by atoms with E-state index in [0.29, 0.717) is 22.3 Å². The molecule has 26 heavy (non-hydrogen) atoms. The van der Waals surface area contributed by atoms with E-state index in [0.717, 1.165) is 5.56 Å².